The Bertz CT molecular complexity index is 770. The Morgan fingerprint density at radius 3 is 2.78 bits per heavy atom. The van der Waals surface area contributed by atoms with Crippen LogP contribution in [-0.2, 0) is 0 Å². The first-order valence-corrected chi connectivity index (χ1v) is 10.6. The van der Waals surface area contributed by atoms with E-state index in [2.05, 4.69) is 38.0 Å². The second-order valence-corrected chi connectivity index (χ2v) is 8.32. The third-order valence-corrected chi connectivity index (χ3v) is 6.53. The SMILES string of the molecule is CN=C(NCC(c1cccs1)N1CCCC1)NC1CC1c1ccccc1F. The number of halogens is 1. The second kappa shape index (κ2) is 8.40. The highest BCUT2D eigenvalue weighted by molar-refractivity contribution is 7.10. The summed E-state index contributed by atoms with van der Waals surface area (Å²) in [4.78, 5) is 8.34. The zero-order valence-electron chi connectivity index (χ0n) is 15.7. The molecule has 0 spiro atoms. The molecule has 2 fully saturated rings. The second-order valence-electron chi connectivity index (χ2n) is 7.34. The average molecular weight is 387 g/mol. The van der Waals surface area contributed by atoms with E-state index in [1.165, 1.54) is 17.7 Å². The van der Waals surface area contributed by atoms with Crippen LogP contribution in [0.5, 0.6) is 0 Å². The van der Waals surface area contributed by atoms with Gasteiger partial charge in [0.2, 0.25) is 0 Å². The van der Waals surface area contributed by atoms with Crippen LogP contribution in [0.4, 0.5) is 4.39 Å². The van der Waals surface area contributed by atoms with E-state index in [0.29, 0.717) is 6.04 Å². The highest BCUT2D eigenvalue weighted by Crippen LogP contribution is 2.41. The fraction of sp³-hybridized carbons (Fsp3) is 0.476. The average Bonchev–Trinajstić information content (AvgIpc) is 3.10. The van der Waals surface area contributed by atoms with E-state index in [4.69, 9.17) is 0 Å². The van der Waals surface area contributed by atoms with Crippen LogP contribution in [0, 0.1) is 5.82 Å². The molecule has 0 bridgehead atoms. The van der Waals surface area contributed by atoms with E-state index in [0.717, 1.165) is 37.6 Å². The summed E-state index contributed by atoms with van der Waals surface area (Å²) in [7, 11) is 1.80. The number of hydrogen-bond donors (Lipinski definition) is 2. The van der Waals surface area contributed by atoms with E-state index < -0.39 is 0 Å². The number of rotatable bonds is 6. The van der Waals surface area contributed by atoms with Gasteiger partial charge in [-0.1, -0.05) is 24.3 Å². The lowest BCUT2D eigenvalue weighted by molar-refractivity contribution is 0.249. The predicted octanol–water partition coefficient (Wildman–Crippen LogP) is 3.75. The molecule has 1 saturated carbocycles. The van der Waals surface area contributed by atoms with E-state index in [-0.39, 0.29) is 17.8 Å². The van der Waals surface area contributed by atoms with Gasteiger partial charge in [-0.25, -0.2) is 4.39 Å². The van der Waals surface area contributed by atoms with Crippen molar-refractivity contribution in [3.8, 4) is 0 Å². The Labute approximate surface area is 164 Å². The van der Waals surface area contributed by atoms with Gasteiger partial charge in [-0.15, -0.1) is 11.3 Å². The van der Waals surface area contributed by atoms with E-state index in [1.807, 2.05) is 23.5 Å². The molecule has 4 rings (SSSR count). The molecular formula is C21H27FN4S. The molecule has 4 nitrogen and oxygen atoms in total. The molecule has 6 heteroatoms. The molecule has 2 heterocycles. The van der Waals surface area contributed by atoms with Crippen molar-refractivity contribution < 1.29 is 4.39 Å². The van der Waals surface area contributed by atoms with Gasteiger partial charge in [-0.3, -0.25) is 9.89 Å². The lowest BCUT2D eigenvalue weighted by Crippen LogP contribution is -2.43. The molecule has 2 N–H and O–H groups in total. The van der Waals surface area contributed by atoms with Crippen LogP contribution < -0.4 is 10.6 Å². The van der Waals surface area contributed by atoms with E-state index in [9.17, 15) is 4.39 Å². The van der Waals surface area contributed by atoms with Gasteiger partial charge in [0.25, 0.3) is 0 Å². The van der Waals surface area contributed by atoms with Crippen LogP contribution in [0.2, 0.25) is 0 Å². The largest absolute Gasteiger partial charge is 0.354 e. The van der Waals surface area contributed by atoms with Gasteiger partial charge < -0.3 is 10.6 Å². The zero-order chi connectivity index (χ0) is 18.6. The molecule has 1 aliphatic carbocycles. The van der Waals surface area contributed by atoms with Gasteiger partial charge in [0.1, 0.15) is 5.82 Å². The minimum Gasteiger partial charge on any atom is -0.354 e. The smallest absolute Gasteiger partial charge is 0.191 e. The number of guanidine groups is 1. The highest BCUT2D eigenvalue weighted by Gasteiger charge is 2.40. The zero-order valence-corrected chi connectivity index (χ0v) is 16.5. The highest BCUT2D eigenvalue weighted by atomic mass is 32.1. The molecule has 3 atom stereocenters. The molecule has 2 aliphatic rings. The Morgan fingerprint density at radius 2 is 2.07 bits per heavy atom. The van der Waals surface area contributed by atoms with Crippen molar-refractivity contribution in [2.75, 3.05) is 26.7 Å². The number of nitrogens with one attached hydrogen (secondary N) is 2. The Kier molecular flexibility index (Phi) is 5.74. The van der Waals surface area contributed by atoms with E-state index >= 15 is 0 Å². The lowest BCUT2D eigenvalue weighted by Gasteiger charge is -2.27. The maximum atomic E-state index is 14.0. The third kappa shape index (κ3) is 4.33. The van der Waals surface area contributed by atoms with Crippen molar-refractivity contribution in [1.82, 2.24) is 15.5 Å². The number of likely N-dealkylation sites (tertiary alicyclic amines) is 1. The third-order valence-electron chi connectivity index (χ3n) is 5.56. The first kappa shape index (κ1) is 18.4. The first-order valence-electron chi connectivity index (χ1n) is 9.75. The standard InChI is InChI=1S/C21H27FN4S/c1-23-21(25-18-13-16(18)15-7-2-3-8-17(15)22)24-14-19(20-9-6-12-27-20)26-10-4-5-11-26/h2-3,6-9,12,16,18-19H,4-5,10-11,13-14H2,1H3,(H2,23,24,25). The van der Waals surface area contributed by atoms with Crippen LogP contribution in [0.1, 0.15) is 41.7 Å². The molecule has 1 aromatic carbocycles. The van der Waals surface area contributed by atoms with Gasteiger partial charge >= 0.3 is 0 Å². The minimum atomic E-state index is -0.110. The quantitative estimate of drug-likeness (QED) is 0.587. The summed E-state index contributed by atoms with van der Waals surface area (Å²) in [6.45, 7) is 3.15. The molecule has 2 aromatic rings. The molecule has 1 saturated heterocycles. The summed E-state index contributed by atoms with van der Waals surface area (Å²) in [6, 6.07) is 12.1. The fourth-order valence-electron chi connectivity index (χ4n) is 3.98. The van der Waals surface area contributed by atoms with Crippen LogP contribution >= 0.6 is 11.3 Å². The topological polar surface area (TPSA) is 39.7 Å². The minimum absolute atomic E-state index is 0.110. The Balaban J connectivity index is 1.34. The molecule has 1 aliphatic heterocycles. The summed E-state index contributed by atoms with van der Waals surface area (Å²) in [5, 5.41) is 9.12. The maximum absolute atomic E-state index is 14.0. The summed E-state index contributed by atoms with van der Waals surface area (Å²) < 4.78 is 14.0. The van der Waals surface area contributed by atoms with Crippen molar-refractivity contribution in [2.45, 2.75) is 37.3 Å². The summed E-state index contributed by atoms with van der Waals surface area (Å²) in [5.41, 5.74) is 0.805. The fourth-order valence-corrected chi connectivity index (χ4v) is 4.84. The van der Waals surface area contributed by atoms with E-state index in [1.54, 1.807) is 19.2 Å². The number of benzene rings is 1. The summed E-state index contributed by atoms with van der Waals surface area (Å²) in [5.74, 6) is 0.928. The molecule has 27 heavy (non-hydrogen) atoms. The Hall–Kier alpha value is -1.92. The van der Waals surface area contributed by atoms with Crippen LogP contribution in [0.25, 0.3) is 0 Å². The van der Waals surface area contributed by atoms with Gasteiger partial charge in [-0.05, 0) is 55.4 Å². The van der Waals surface area contributed by atoms with Crippen molar-refractivity contribution in [3.63, 3.8) is 0 Å². The number of thiophene rings is 1. The van der Waals surface area contributed by atoms with Gasteiger partial charge in [0, 0.05) is 30.4 Å². The van der Waals surface area contributed by atoms with Gasteiger partial charge in [-0.2, -0.15) is 0 Å². The van der Waals surface area contributed by atoms with Crippen LogP contribution in [0.15, 0.2) is 46.8 Å². The van der Waals surface area contributed by atoms with Crippen LogP contribution in [0.3, 0.4) is 0 Å². The monoisotopic (exact) mass is 386 g/mol. The molecule has 1 aromatic heterocycles. The number of aliphatic imine (C=N–C) groups is 1. The molecule has 144 valence electrons. The van der Waals surface area contributed by atoms with Crippen molar-refractivity contribution >= 4 is 17.3 Å². The Morgan fingerprint density at radius 1 is 1.26 bits per heavy atom. The number of nitrogens with zero attached hydrogens (tertiary/aromatic N) is 2. The maximum Gasteiger partial charge on any atom is 0.191 e. The van der Waals surface area contributed by atoms with Gasteiger partial charge in [0.05, 0.1) is 6.04 Å². The van der Waals surface area contributed by atoms with Crippen LogP contribution in [-0.4, -0.2) is 43.6 Å². The number of hydrogen-bond acceptors (Lipinski definition) is 3. The first-order chi connectivity index (χ1) is 13.3. The molecule has 3 unspecified atom stereocenters. The van der Waals surface area contributed by atoms with Gasteiger partial charge in [0.15, 0.2) is 5.96 Å². The predicted molar refractivity (Wildman–Crippen MR) is 110 cm³/mol. The van der Waals surface area contributed by atoms with Crippen molar-refractivity contribution in [2.24, 2.45) is 4.99 Å². The summed E-state index contributed by atoms with van der Waals surface area (Å²) >= 11 is 1.82. The van der Waals surface area contributed by atoms with Crippen molar-refractivity contribution in [1.29, 1.82) is 0 Å². The molecular weight excluding hydrogens is 359 g/mol. The summed E-state index contributed by atoms with van der Waals surface area (Å²) in [6.07, 6.45) is 3.50. The normalized spacial score (nSPS) is 24.0. The molecule has 0 radical (unpaired) electrons. The molecule has 0 amide bonds. The van der Waals surface area contributed by atoms with Crippen molar-refractivity contribution in [3.05, 3.63) is 58.0 Å². The lowest BCUT2D eigenvalue weighted by atomic mass is 10.1.